The van der Waals surface area contributed by atoms with Gasteiger partial charge >= 0.3 is 5.97 Å². The molecule has 0 aliphatic carbocycles. The van der Waals surface area contributed by atoms with Crippen LogP contribution < -0.4 is 5.32 Å². The van der Waals surface area contributed by atoms with E-state index in [9.17, 15) is 18.0 Å². The summed E-state index contributed by atoms with van der Waals surface area (Å²) in [5, 5.41) is 11.6. The standard InChI is InChI=1S/C18H20N2O5S/c1-18(2,3)26(24,25)11-12-5-4-6-14(9-12)20-16(21)13-7-8-19-15(10-13)17(22)23/h4-10H,11H2,1-3H3,(H,20,21)(H,22,23). The molecular weight excluding hydrogens is 356 g/mol. The Bertz CT molecular complexity index is 946. The van der Waals surface area contributed by atoms with Crippen LogP contribution in [0.3, 0.4) is 0 Å². The Morgan fingerprint density at radius 3 is 2.46 bits per heavy atom. The number of nitrogens with one attached hydrogen (secondary N) is 1. The Balaban J connectivity index is 2.20. The lowest BCUT2D eigenvalue weighted by molar-refractivity contribution is 0.0690. The zero-order valence-corrected chi connectivity index (χ0v) is 15.5. The highest BCUT2D eigenvalue weighted by Gasteiger charge is 2.29. The third kappa shape index (κ3) is 4.66. The molecule has 0 bridgehead atoms. The number of carboxylic acid groups (broad SMARTS) is 1. The second-order valence-corrected chi connectivity index (χ2v) is 9.50. The summed E-state index contributed by atoms with van der Waals surface area (Å²) < 4.78 is 23.8. The van der Waals surface area contributed by atoms with Crippen molar-refractivity contribution in [2.24, 2.45) is 0 Å². The molecule has 0 aliphatic rings. The van der Waals surface area contributed by atoms with Gasteiger partial charge in [-0.2, -0.15) is 0 Å². The highest BCUT2D eigenvalue weighted by atomic mass is 32.2. The largest absolute Gasteiger partial charge is 0.477 e. The number of hydrogen-bond donors (Lipinski definition) is 2. The lowest BCUT2D eigenvalue weighted by Crippen LogP contribution is -2.29. The maximum Gasteiger partial charge on any atom is 0.354 e. The number of nitrogens with zero attached hydrogens (tertiary/aromatic N) is 1. The van der Waals surface area contributed by atoms with E-state index in [0.717, 1.165) is 0 Å². The molecule has 0 saturated heterocycles. The molecule has 0 radical (unpaired) electrons. The minimum atomic E-state index is -3.35. The molecule has 0 atom stereocenters. The molecule has 138 valence electrons. The van der Waals surface area contributed by atoms with Crippen LogP contribution in [0, 0.1) is 0 Å². The van der Waals surface area contributed by atoms with E-state index >= 15 is 0 Å². The molecule has 1 aromatic heterocycles. The first kappa shape index (κ1) is 19.6. The number of hydrogen-bond acceptors (Lipinski definition) is 5. The van der Waals surface area contributed by atoms with E-state index in [2.05, 4.69) is 10.3 Å². The third-order valence-electron chi connectivity index (χ3n) is 3.72. The molecule has 8 heteroatoms. The van der Waals surface area contributed by atoms with E-state index in [1.807, 2.05) is 0 Å². The highest BCUT2D eigenvalue weighted by Crippen LogP contribution is 2.22. The number of rotatable bonds is 5. The maximum absolute atomic E-state index is 12.3. The van der Waals surface area contributed by atoms with Gasteiger partial charge in [0.25, 0.3) is 5.91 Å². The normalized spacial score (nSPS) is 11.8. The van der Waals surface area contributed by atoms with Crippen LogP contribution in [0.5, 0.6) is 0 Å². The molecule has 2 aromatic rings. The fraction of sp³-hybridized carbons (Fsp3) is 0.278. The fourth-order valence-electron chi connectivity index (χ4n) is 2.07. The van der Waals surface area contributed by atoms with Gasteiger partial charge in [0.15, 0.2) is 9.84 Å². The van der Waals surface area contributed by atoms with Gasteiger partial charge in [-0.3, -0.25) is 4.79 Å². The van der Waals surface area contributed by atoms with E-state index in [-0.39, 0.29) is 17.0 Å². The maximum atomic E-state index is 12.3. The molecule has 0 saturated carbocycles. The van der Waals surface area contributed by atoms with Crippen molar-refractivity contribution in [1.82, 2.24) is 4.98 Å². The average Bonchev–Trinajstić information content (AvgIpc) is 2.53. The van der Waals surface area contributed by atoms with Gasteiger partial charge < -0.3 is 10.4 Å². The van der Waals surface area contributed by atoms with Crippen molar-refractivity contribution >= 4 is 27.4 Å². The van der Waals surface area contributed by atoms with E-state index in [4.69, 9.17) is 5.11 Å². The van der Waals surface area contributed by atoms with Crippen molar-refractivity contribution in [3.8, 4) is 0 Å². The summed E-state index contributed by atoms with van der Waals surface area (Å²) in [6, 6.07) is 9.11. The summed E-state index contributed by atoms with van der Waals surface area (Å²) in [5.41, 5.74) is 0.886. The molecule has 2 N–H and O–H groups in total. The summed E-state index contributed by atoms with van der Waals surface area (Å²) in [6.07, 6.45) is 1.24. The number of carboxylic acids is 1. The molecule has 2 rings (SSSR count). The number of sulfone groups is 1. The number of aromatic carboxylic acids is 1. The monoisotopic (exact) mass is 376 g/mol. The summed E-state index contributed by atoms with van der Waals surface area (Å²) in [7, 11) is -3.35. The lowest BCUT2D eigenvalue weighted by atomic mass is 10.2. The van der Waals surface area contributed by atoms with Gasteiger partial charge in [0.2, 0.25) is 0 Å². The molecule has 1 aromatic carbocycles. The Hall–Kier alpha value is -2.74. The predicted molar refractivity (Wildman–Crippen MR) is 98.0 cm³/mol. The van der Waals surface area contributed by atoms with Crippen LogP contribution in [-0.4, -0.2) is 35.1 Å². The van der Waals surface area contributed by atoms with Crippen LogP contribution in [0.1, 0.15) is 47.2 Å². The van der Waals surface area contributed by atoms with E-state index in [1.54, 1.807) is 45.0 Å². The summed E-state index contributed by atoms with van der Waals surface area (Å²) in [4.78, 5) is 26.9. The second kappa shape index (κ2) is 7.25. The smallest absolute Gasteiger partial charge is 0.354 e. The van der Waals surface area contributed by atoms with Crippen LogP contribution in [0.2, 0.25) is 0 Å². The predicted octanol–water partition coefficient (Wildman–Crippen LogP) is 2.75. The Morgan fingerprint density at radius 1 is 1.15 bits per heavy atom. The molecular formula is C18H20N2O5S. The highest BCUT2D eigenvalue weighted by molar-refractivity contribution is 7.91. The van der Waals surface area contributed by atoms with Gasteiger partial charge in [0.05, 0.1) is 10.5 Å². The number of amides is 1. The van der Waals surface area contributed by atoms with E-state index < -0.39 is 26.5 Å². The van der Waals surface area contributed by atoms with Crippen molar-refractivity contribution < 1.29 is 23.1 Å². The number of carbonyl (C=O) groups is 2. The van der Waals surface area contributed by atoms with Crippen molar-refractivity contribution in [1.29, 1.82) is 0 Å². The number of anilines is 1. The average molecular weight is 376 g/mol. The van der Waals surface area contributed by atoms with Crippen molar-refractivity contribution in [3.63, 3.8) is 0 Å². The van der Waals surface area contributed by atoms with Crippen LogP contribution in [-0.2, 0) is 15.6 Å². The zero-order valence-electron chi connectivity index (χ0n) is 14.7. The Labute approximate surface area is 152 Å². The fourth-order valence-corrected chi connectivity index (χ4v) is 3.12. The van der Waals surface area contributed by atoms with E-state index in [0.29, 0.717) is 11.3 Å². The number of pyridine rings is 1. The Kier molecular flexibility index (Phi) is 5.46. The first-order valence-electron chi connectivity index (χ1n) is 7.81. The molecule has 0 aliphatic heterocycles. The number of benzene rings is 1. The molecule has 26 heavy (non-hydrogen) atoms. The van der Waals surface area contributed by atoms with Crippen LogP contribution in [0.4, 0.5) is 5.69 Å². The zero-order chi connectivity index (χ0) is 19.5. The molecule has 0 unspecified atom stereocenters. The first-order valence-corrected chi connectivity index (χ1v) is 9.47. The van der Waals surface area contributed by atoms with Gasteiger partial charge in [0, 0.05) is 17.4 Å². The summed E-state index contributed by atoms with van der Waals surface area (Å²) >= 11 is 0. The second-order valence-electron chi connectivity index (χ2n) is 6.76. The molecule has 7 nitrogen and oxygen atoms in total. The first-order chi connectivity index (χ1) is 12.0. The Morgan fingerprint density at radius 2 is 1.85 bits per heavy atom. The molecule has 0 fully saturated rings. The molecule has 0 spiro atoms. The molecule has 1 amide bonds. The van der Waals surface area contributed by atoms with Crippen molar-refractivity contribution in [3.05, 3.63) is 59.4 Å². The van der Waals surface area contributed by atoms with Crippen molar-refractivity contribution in [2.75, 3.05) is 5.32 Å². The minimum Gasteiger partial charge on any atom is -0.477 e. The van der Waals surface area contributed by atoms with Gasteiger partial charge in [-0.25, -0.2) is 18.2 Å². The number of carbonyl (C=O) groups excluding carboxylic acids is 1. The quantitative estimate of drug-likeness (QED) is 0.829. The summed E-state index contributed by atoms with van der Waals surface area (Å²) in [5.74, 6) is -1.88. The van der Waals surface area contributed by atoms with Gasteiger partial charge in [-0.05, 0) is 50.6 Å². The van der Waals surface area contributed by atoms with E-state index in [1.165, 1.54) is 18.3 Å². The molecule has 1 heterocycles. The topological polar surface area (TPSA) is 113 Å². The SMILES string of the molecule is CC(C)(C)S(=O)(=O)Cc1cccc(NC(=O)c2ccnc(C(=O)O)c2)c1. The van der Waals surface area contributed by atoms with Crippen LogP contribution in [0.25, 0.3) is 0 Å². The van der Waals surface area contributed by atoms with Gasteiger partial charge in [-0.1, -0.05) is 12.1 Å². The lowest BCUT2D eigenvalue weighted by Gasteiger charge is -2.19. The van der Waals surface area contributed by atoms with Gasteiger partial charge in [0.1, 0.15) is 5.69 Å². The van der Waals surface area contributed by atoms with Crippen molar-refractivity contribution in [2.45, 2.75) is 31.3 Å². The minimum absolute atomic E-state index is 0.140. The third-order valence-corrected chi connectivity index (χ3v) is 6.30. The van der Waals surface area contributed by atoms with Gasteiger partial charge in [-0.15, -0.1) is 0 Å². The number of aromatic nitrogens is 1. The van der Waals surface area contributed by atoms with Crippen LogP contribution >= 0.6 is 0 Å². The summed E-state index contributed by atoms with van der Waals surface area (Å²) in [6.45, 7) is 4.91. The van der Waals surface area contributed by atoms with Crippen LogP contribution in [0.15, 0.2) is 42.6 Å².